The third-order valence-corrected chi connectivity index (χ3v) is 3.89. The number of benzene rings is 1. The average Bonchev–Trinajstić information content (AvgIpc) is 3.09. The highest BCUT2D eigenvalue weighted by atomic mass is 16.5. The van der Waals surface area contributed by atoms with Gasteiger partial charge in [-0.05, 0) is 24.6 Å². The van der Waals surface area contributed by atoms with Crippen LogP contribution in [0.1, 0.15) is 27.4 Å². The molecule has 1 aliphatic heterocycles. The maximum atomic E-state index is 12.5. The Labute approximate surface area is 133 Å². The molecule has 0 bridgehead atoms. The first-order chi connectivity index (χ1) is 11.0. The van der Waals surface area contributed by atoms with Crippen LogP contribution in [0, 0.1) is 6.92 Å². The van der Waals surface area contributed by atoms with Gasteiger partial charge in [-0.2, -0.15) is 0 Å². The van der Waals surface area contributed by atoms with Gasteiger partial charge in [0.2, 0.25) is 0 Å². The molecule has 1 atom stereocenters. The third-order valence-electron chi connectivity index (χ3n) is 3.89. The van der Waals surface area contributed by atoms with E-state index in [4.69, 9.17) is 14.3 Å². The van der Waals surface area contributed by atoms with E-state index in [1.807, 2.05) is 24.3 Å². The second kappa shape index (κ2) is 5.79. The number of carbonyl (C=O) groups excluding carboxylic acids is 1. The van der Waals surface area contributed by atoms with Crippen molar-refractivity contribution in [1.29, 1.82) is 0 Å². The van der Waals surface area contributed by atoms with Gasteiger partial charge in [0.25, 0.3) is 5.91 Å². The molecule has 1 aliphatic rings. The van der Waals surface area contributed by atoms with Crippen LogP contribution in [0.2, 0.25) is 0 Å². The third kappa shape index (κ3) is 2.92. The Hall–Kier alpha value is -2.76. The first kappa shape index (κ1) is 15.1. The highest BCUT2D eigenvalue weighted by Crippen LogP contribution is 2.29. The molecule has 0 radical (unpaired) electrons. The number of nitrogens with zero attached hydrogens (tertiary/aromatic N) is 1. The molecule has 1 aromatic heterocycles. The highest BCUT2D eigenvalue weighted by molar-refractivity contribution is 5.89. The molecule has 23 heavy (non-hydrogen) atoms. The van der Waals surface area contributed by atoms with Crippen LogP contribution in [-0.4, -0.2) is 35.0 Å². The lowest BCUT2D eigenvalue weighted by molar-refractivity contribution is -0.137. The van der Waals surface area contributed by atoms with Gasteiger partial charge in [0.15, 0.2) is 6.10 Å². The summed E-state index contributed by atoms with van der Waals surface area (Å²) in [5.41, 5.74) is 1.13. The first-order valence-corrected chi connectivity index (χ1v) is 7.28. The molecule has 1 N–H and O–H groups in total. The Morgan fingerprint density at radius 2 is 2.09 bits per heavy atom. The molecule has 0 spiro atoms. The van der Waals surface area contributed by atoms with Crippen LogP contribution in [0.25, 0.3) is 0 Å². The number of carboxylic acids is 1. The van der Waals surface area contributed by atoms with Crippen molar-refractivity contribution in [1.82, 2.24) is 4.90 Å². The van der Waals surface area contributed by atoms with Crippen molar-refractivity contribution < 1.29 is 23.8 Å². The highest BCUT2D eigenvalue weighted by Gasteiger charge is 2.31. The van der Waals surface area contributed by atoms with E-state index in [2.05, 4.69) is 0 Å². The Bertz CT molecular complexity index is 739. The number of likely N-dealkylation sites (N-methyl/N-ethyl adjacent to an activating group) is 1. The molecule has 6 nitrogen and oxygen atoms in total. The van der Waals surface area contributed by atoms with Crippen LogP contribution in [0.3, 0.4) is 0 Å². The van der Waals surface area contributed by atoms with E-state index in [0.29, 0.717) is 17.9 Å². The van der Waals surface area contributed by atoms with Gasteiger partial charge in [0, 0.05) is 13.5 Å². The minimum Gasteiger partial charge on any atom is -0.480 e. The first-order valence-electron chi connectivity index (χ1n) is 7.28. The minimum absolute atomic E-state index is 0.116. The summed E-state index contributed by atoms with van der Waals surface area (Å²) >= 11 is 0. The number of hydrogen-bond acceptors (Lipinski definition) is 4. The Morgan fingerprint density at radius 3 is 2.74 bits per heavy atom. The van der Waals surface area contributed by atoms with Crippen LogP contribution in [-0.2, 0) is 17.8 Å². The largest absolute Gasteiger partial charge is 0.480 e. The summed E-state index contributed by atoms with van der Waals surface area (Å²) in [7, 11) is 1.65. The summed E-state index contributed by atoms with van der Waals surface area (Å²) in [5.74, 6) is 0.304. The Balaban J connectivity index is 1.67. The molecule has 0 fully saturated rings. The fourth-order valence-corrected chi connectivity index (χ4v) is 2.71. The lowest BCUT2D eigenvalue weighted by Crippen LogP contribution is -2.38. The Morgan fingerprint density at radius 1 is 1.35 bits per heavy atom. The van der Waals surface area contributed by atoms with Crippen molar-refractivity contribution in [2.45, 2.75) is 26.0 Å². The smallest absolute Gasteiger partial charge is 0.339 e. The summed E-state index contributed by atoms with van der Waals surface area (Å²) in [4.78, 5) is 25.0. The van der Waals surface area contributed by atoms with Gasteiger partial charge in [-0.3, -0.25) is 4.79 Å². The van der Waals surface area contributed by atoms with Crippen molar-refractivity contribution in [3.8, 4) is 5.75 Å². The van der Waals surface area contributed by atoms with Gasteiger partial charge in [0.05, 0.1) is 6.54 Å². The minimum atomic E-state index is -1.04. The summed E-state index contributed by atoms with van der Waals surface area (Å²) in [5, 5.41) is 9.03. The SMILES string of the molecule is Cc1oc(CN(C)C(=O)C2Cc3ccccc3O2)cc1C(=O)O. The topological polar surface area (TPSA) is 80.0 Å². The number of amides is 1. The number of furan rings is 1. The Kier molecular flexibility index (Phi) is 3.82. The van der Waals surface area contributed by atoms with Crippen molar-refractivity contribution >= 4 is 11.9 Å². The van der Waals surface area contributed by atoms with E-state index in [1.54, 1.807) is 14.0 Å². The predicted octanol–water partition coefficient (Wildman–Crippen LogP) is 2.25. The normalized spacial score (nSPS) is 15.8. The fraction of sp³-hybridized carbons (Fsp3) is 0.294. The molecule has 0 saturated heterocycles. The van der Waals surface area contributed by atoms with Crippen LogP contribution in [0.5, 0.6) is 5.75 Å². The molecular formula is C17H17NO5. The summed E-state index contributed by atoms with van der Waals surface area (Å²) in [6, 6.07) is 9.02. The molecule has 0 saturated carbocycles. The van der Waals surface area contributed by atoms with Crippen LogP contribution in [0.4, 0.5) is 0 Å². The number of hydrogen-bond donors (Lipinski definition) is 1. The zero-order chi connectivity index (χ0) is 16.6. The van der Waals surface area contributed by atoms with Crippen molar-refractivity contribution in [3.05, 3.63) is 53.0 Å². The molecule has 1 amide bonds. The van der Waals surface area contributed by atoms with Gasteiger partial charge in [-0.25, -0.2) is 4.79 Å². The molecule has 2 aromatic rings. The summed E-state index contributed by atoms with van der Waals surface area (Å²) < 4.78 is 11.1. The molecule has 3 rings (SSSR count). The van der Waals surface area contributed by atoms with E-state index in [1.165, 1.54) is 11.0 Å². The van der Waals surface area contributed by atoms with Crippen LogP contribution in [0.15, 0.2) is 34.7 Å². The van der Waals surface area contributed by atoms with Gasteiger partial charge in [0.1, 0.15) is 22.8 Å². The number of aryl methyl sites for hydroxylation is 1. The standard InChI is InChI=1S/C17H17NO5/c1-10-13(17(20)21)8-12(22-10)9-18(2)16(19)15-7-11-5-3-4-6-14(11)23-15/h3-6,8,15H,7,9H2,1-2H3,(H,20,21). The molecule has 6 heteroatoms. The summed E-state index contributed by atoms with van der Waals surface area (Å²) in [6.07, 6.45) is -0.0101. The van der Waals surface area contributed by atoms with E-state index >= 15 is 0 Å². The van der Waals surface area contributed by atoms with Crippen LogP contribution >= 0.6 is 0 Å². The second-order valence-electron chi connectivity index (χ2n) is 5.60. The van der Waals surface area contributed by atoms with Gasteiger partial charge >= 0.3 is 5.97 Å². The van der Waals surface area contributed by atoms with E-state index < -0.39 is 12.1 Å². The second-order valence-corrected chi connectivity index (χ2v) is 5.60. The number of carbonyl (C=O) groups is 2. The monoisotopic (exact) mass is 315 g/mol. The van der Waals surface area contributed by atoms with Gasteiger partial charge in [-0.15, -0.1) is 0 Å². The lowest BCUT2D eigenvalue weighted by Gasteiger charge is -2.19. The zero-order valence-electron chi connectivity index (χ0n) is 12.9. The molecule has 120 valence electrons. The quantitative estimate of drug-likeness (QED) is 0.936. The van der Waals surface area contributed by atoms with Crippen molar-refractivity contribution in [3.63, 3.8) is 0 Å². The maximum absolute atomic E-state index is 12.5. The maximum Gasteiger partial charge on any atom is 0.339 e. The predicted molar refractivity (Wildman–Crippen MR) is 81.4 cm³/mol. The molecule has 0 aliphatic carbocycles. The van der Waals surface area contributed by atoms with E-state index in [9.17, 15) is 9.59 Å². The van der Waals surface area contributed by atoms with Gasteiger partial charge < -0.3 is 19.2 Å². The number of carboxylic acid groups (broad SMARTS) is 1. The number of ether oxygens (including phenoxy) is 1. The lowest BCUT2D eigenvalue weighted by atomic mass is 10.1. The van der Waals surface area contributed by atoms with Crippen molar-refractivity contribution in [2.24, 2.45) is 0 Å². The number of aromatic carboxylic acids is 1. The van der Waals surface area contributed by atoms with Crippen molar-refractivity contribution in [2.75, 3.05) is 7.05 Å². The fourth-order valence-electron chi connectivity index (χ4n) is 2.71. The molecule has 1 aromatic carbocycles. The van der Waals surface area contributed by atoms with E-state index in [-0.39, 0.29) is 18.0 Å². The summed E-state index contributed by atoms with van der Waals surface area (Å²) in [6.45, 7) is 1.79. The molecular weight excluding hydrogens is 298 g/mol. The zero-order valence-corrected chi connectivity index (χ0v) is 12.9. The number of fused-ring (bicyclic) bond motifs is 1. The average molecular weight is 315 g/mol. The number of para-hydroxylation sites is 1. The molecule has 2 heterocycles. The van der Waals surface area contributed by atoms with Crippen LogP contribution < -0.4 is 4.74 Å². The van der Waals surface area contributed by atoms with E-state index in [0.717, 1.165) is 11.3 Å². The molecule has 1 unspecified atom stereocenters. The number of rotatable bonds is 4. The van der Waals surface area contributed by atoms with Gasteiger partial charge in [-0.1, -0.05) is 18.2 Å².